The molecule has 202 valence electrons. The molecule has 4 nitrogen and oxygen atoms in total. The molecule has 1 aromatic carbocycles. The Bertz CT molecular complexity index is 1030. The van der Waals surface area contributed by atoms with Crippen LogP contribution in [0.4, 0.5) is 0 Å². The molecule has 8 atom stereocenters. The molecule has 37 heavy (non-hydrogen) atoms. The van der Waals surface area contributed by atoms with E-state index in [0.717, 1.165) is 73.5 Å². The molecule has 5 heteroatoms. The highest BCUT2D eigenvalue weighted by atomic mass is 35.5. The van der Waals surface area contributed by atoms with Crippen LogP contribution in [0.15, 0.2) is 29.8 Å². The number of morpholine rings is 1. The zero-order valence-corrected chi connectivity index (χ0v) is 23.6. The fraction of sp³-hybridized carbons (Fsp3) is 0.719. The molecule has 1 heterocycles. The van der Waals surface area contributed by atoms with Crippen LogP contribution in [0.1, 0.15) is 77.7 Å². The number of nitrogens with zero attached hydrogens (tertiary/aromatic N) is 1. The van der Waals surface area contributed by atoms with Gasteiger partial charge >= 0.3 is 5.97 Å². The topological polar surface area (TPSA) is 38.8 Å². The molecule has 0 bridgehead atoms. The van der Waals surface area contributed by atoms with Crippen molar-refractivity contribution < 1.29 is 14.3 Å². The number of esters is 1. The standard InChI is InChI=1S/C32H44ClNO3/c1-21(35)37-30-23(18-22-4-7-25(33)8-5-22)19-29-27-9-6-24-20-26(34-14-16-36-17-15-34)10-12-31(24,2)28(27)11-13-32(29,30)3/h4-5,7-8,18,24,26-30H,6,9-17,19-20H2,1-3H3/b23-18+/t24?,26-,27?,28?,29?,30-,31-,32-/m0/s1. The van der Waals surface area contributed by atoms with Gasteiger partial charge in [0.1, 0.15) is 6.10 Å². The first-order valence-electron chi connectivity index (χ1n) is 14.7. The molecule has 5 fully saturated rings. The number of rotatable bonds is 3. The summed E-state index contributed by atoms with van der Waals surface area (Å²) in [6, 6.07) is 8.80. The summed E-state index contributed by atoms with van der Waals surface area (Å²) >= 11 is 6.15. The van der Waals surface area contributed by atoms with Crippen molar-refractivity contribution >= 4 is 23.6 Å². The molecule has 5 aliphatic rings. The van der Waals surface area contributed by atoms with Crippen LogP contribution in [0.3, 0.4) is 0 Å². The smallest absolute Gasteiger partial charge is 0.303 e. The van der Waals surface area contributed by atoms with Gasteiger partial charge in [-0.25, -0.2) is 0 Å². The largest absolute Gasteiger partial charge is 0.457 e. The summed E-state index contributed by atoms with van der Waals surface area (Å²) in [5.41, 5.74) is 2.92. The first-order chi connectivity index (χ1) is 17.8. The van der Waals surface area contributed by atoms with Crippen LogP contribution < -0.4 is 0 Å². The Morgan fingerprint density at radius 3 is 2.49 bits per heavy atom. The van der Waals surface area contributed by atoms with E-state index in [-0.39, 0.29) is 17.5 Å². The van der Waals surface area contributed by atoms with Crippen molar-refractivity contribution in [3.05, 3.63) is 40.4 Å². The fourth-order valence-electron chi connectivity index (χ4n) is 9.64. The van der Waals surface area contributed by atoms with Gasteiger partial charge in [-0.15, -0.1) is 0 Å². The van der Waals surface area contributed by atoms with Crippen molar-refractivity contribution in [1.29, 1.82) is 0 Å². The van der Waals surface area contributed by atoms with Gasteiger partial charge in [-0.1, -0.05) is 43.7 Å². The van der Waals surface area contributed by atoms with E-state index in [1.165, 1.54) is 44.1 Å². The minimum absolute atomic E-state index is 0.0271. The molecule has 4 saturated carbocycles. The van der Waals surface area contributed by atoms with Crippen molar-refractivity contribution in [1.82, 2.24) is 4.90 Å². The van der Waals surface area contributed by atoms with E-state index >= 15 is 0 Å². The third kappa shape index (κ3) is 4.59. The van der Waals surface area contributed by atoms with Crippen LogP contribution in [0.2, 0.25) is 5.02 Å². The van der Waals surface area contributed by atoms with Crippen LogP contribution >= 0.6 is 11.6 Å². The van der Waals surface area contributed by atoms with Crippen molar-refractivity contribution in [3.63, 3.8) is 0 Å². The van der Waals surface area contributed by atoms with Gasteiger partial charge in [0.2, 0.25) is 0 Å². The zero-order chi connectivity index (χ0) is 25.8. The quantitative estimate of drug-likeness (QED) is 0.398. The van der Waals surface area contributed by atoms with Crippen LogP contribution in [0, 0.1) is 34.5 Å². The van der Waals surface area contributed by atoms with Crippen LogP contribution in [-0.4, -0.2) is 49.3 Å². The average Bonchev–Trinajstić information content (AvgIpc) is 3.16. The lowest BCUT2D eigenvalue weighted by atomic mass is 9.45. The first-order valence-corrected chi connectivity index (χ1v) is 15.1. The summed E-state index contributed by atoms with van der Waals surface area (Å²) in [7, 11) is 0. The second-order valence-electron chi connectivity index (χ2n) is 13.2. The maximum atomic E-state index is 12.3. The predicted octanol–water partition coefficient (Wildman–Crippen LogP) is 7.01. The molecule has 1 aliphatic heterocycles. The number of fused-ring (bicyclic) bond motifs is 5. The van der Waals surface area contributed by atoms with Crippen molar-refractivity contribution in [2.24, 2.45) is 34.5 Å². The Morgan fingerprint density at radius 1 is 1.03 bits per heavy atom. The van der Waals surface area contributed by atoms with Gasteiger partial charge in [-0.05, 0) is 104 Å². The van der Waals surface area contributed by atoms with E-state index in [0.29, 0.717) is 11.3 Å². The van der Waals surface area contributed by atoms with Gasteiger partial charge in [0.05, 0.1) is 13.2 Å². The molecule has 0 N–H and O–H groups in total. The van der Waals surface area contributed by atoms with E-state index < -0.39 is 0 Å². The molecule has 0 radical (unpaired) electrons. The van der Waals surface area contributed by atoms with Gasteiger partial charge < -0.3 is 9.47 Å². The van der Waals surface area contributed by atoms with Crippen LogP contribution in [-0.2, 0) is 14.3 Å². The highest BCUT2D eigenvalue weighted by molar-refractivity contribution is 6.30. The van der Waals surface area contributed by atoms with Gasteiger partial charge in [0, 0.05) is 36.5 Å². The number of benzene rings is 1. The second-order valence-corrected chi connectivity index (χ2v) is 13.7. The lowest BCUT2D eigenvalue weighted by molar-refractivity contribution is -0.160. The molecule has 0 amide bonds. The van der Waals surface area contributed by atoms with Gasteiger partial charge in [-0.2, -0.15) is 0 Å². The van der Waals surface area contributed by atoms with Gasteiger partial charge in [0.15, 0.2) is 0 Å². The van der Waals surface area contributed by atoms with Crippen molar-refractivity contribution in [2.75, 3.05) is 26.3 Å². The summed E-state index contributed by atoms with van der Waals surface area (Å²) in [5, 5.41) is 0.752. The third-order valence-electron chi connectivity index (χ3n) is 11.5. The molecule has 4 unspecified atom stereocenters. The number of carbonyl (C=O) groups is 1. The molecule has 0 spiro atoms. The molecule has 6 rings (SSSR count). The highest BCUT2D eigenvalue weighted by Gasteiger charge is 2.62. The summed E-state index contributed by atoms with van der Waals surface area (Å²) in [6.45, 7) is 10.7. The minimum Gasteiger partial charge on any atom is -0.457 e. The maximum absolute atomic E-state index is 12.3. The zero-order valence-electron chi connectivity index (χ0n) is 22.9. The monoisotopic (exact) mass is 525 g/mol. The Kier molecular flexibility index (Phi) is 6.99. The average molecular weight is 526 g/mol. The van der Waals surface area contributed by atoms with Gasteiger partial charge in [0.25, 0.3) is 0 Å². The van der Waals surface area contributed by atoms with E-state index in [2.05, 4.69) is 37.0 Å². The summed E-state index contributed by atoms with van der Waals surface area (Å²) < 4.78 is 11.8. The number of carbonyl (C=O) groups excluding carboxylic acids is 1. The Morgan fingerprint density at radius 2 is 1.76 bits per heavy atom. The number of ether oxygens (including phenoxy) is 2. The number of halogens is 1. The maximum Gasteiger partial charge on any atom is 0.303 e. The number of hydrogen-bond acceptors (Lipinski definition) is 4. The highest BCUT2D eigenvalue weighted by Crippen LogP contribution is 2.67. The Balaban J connectivity index is 1.25. The Hall–Kier alpha value is -1.36. The van der Waals surface area contributed by atoms with E-state index in [9.17, 15) is 4.79 Å². The third-order valence-corrected chi connectivity index (χ3v) is 11.8. The summed E-state index contributed by atoms with van der Waals surface area (Å²) in [4.78, 5) is 15.0. The Labute approximate surface area is 228 Å². The number of hydrogen-bond donors (Lipinski definition) is 0. The molecule has 4 aliphatic carbocycles. The summed E-state index contributed by atoms with van der Waals surface area (Å²) in [5.74, 6) is 2.79. The fourth-order valence-corrected chi connectivity index (χ4v) is 9.76. The predicted molar refractivity (Wildman–Crippen MR) is 148 cm³/mol. The molecule has 0 aromatic heterocycles. The lowest BCUT2D eigenvalue weighted by Crippen LogP contribution is -2.56. The lowest BCUT2D eigenvalue weighted by Gasteiger charge is -2.61. The molecular weight excluding hydrogens is 482 g/mol. The summed E-state index contributed by atoms with van der Waals surface area (Å²) in [6.07, 6.45) is 12.4. The molecule has 1 aromatic rings. The minimum atomic E-state index is -0.159. The SMILES string of the molecule is CC(=O)O[C@H]1/C(=C/c2ccc(Cl)cc2)CC2C3CCC4C[C@@H](N5CCOCC5)CC[C@]4(C)C3CC[C@@]21C. The van der Waals surface area contributed by atoms with Crippen molar-refractivity contribution in [3.8, 4) is 0 Å². The normalized spacial score (nSPS) is 43.1. The van der Waals surface area contributed by atoms with Crippen LogP contribution in [0.25, 0.3) is 6.08 Å². The van der Waals surface area contributed by atoms with E-state index in [1.54, 1.807) is 6.92 Å². The second kappa shape index (κ2) is 9.99. The first kappa shape index (κ1) is 25.9. The molecule has 1 saturated heterocycles. The van der Waals surface area contributed by atoms with E-state index in [1.807, 2.05) is 12.1 Å². The van der Waals surface area contributed by atoms with Crippen LogP contribution in [0.5, 0.6) is 0 Å². The van der Waals surface area contributed by atoms with E-state index in [4.69, 9.17) is 21.1 Å². The van der Waals surface area contributed by atoms with Gasteiger partial charge in [-0.3, -0.25) is 9.69 Å². The van der Waals surface area contributed by atoms with Crippen molar-refractivity contribution in [2.45, 2.75) is 84.3 Å². The molecular formula is C32H44ClNO3.